The minimum Gasteiger partial charge on any atom is -0.497 e. The summed E-state index contributed by atoms with van der Waals surface area (Å²) >= 11 is 0. The first-order chi connectivity index (χ1) is 14.1. The molecule has 2 aromatic carbocycles. The van der Waals surface area contributed by atoms with Gasteiger partial charge >= 0.3 is 0 Å². The zero-order chi connectivity index (χ0) is 22.1. The quantitative estimate of drug-likeness (QED) is 0.706. The number of ether oxygens (including phenoxy) is 2. The monoisotopic (exact) mass is 430 g/mol. The number of aryl methyl sites for hydroxylation is 1. The van der Waals surface area contributed by atoms with Crippen LogP contribution in [-0.4, -0.2) is 34.6 Å². The van der Waals surface area contributed by atoms with E-state index in [9.17, 15) is 13.2 Å². The molecule has 0 aliphatic carbocycles. The molecular formula is C22H26N2O5S. The van der Waals surface area contributed by atoms with Gasteiger partial charge in [0.1, 0.15) is 18.1 Å². The lowest BCUT2D eigenvalue weighted by Crippen LogP contribution is -2.42. The van der Waals surface area contributed by atoms with Crippen molar-refractivity contribution in [2.24, 2.45) is 5.41 Å². The van der Waals surface area contributed by atoms with Gasteiger partial charge in [-0.05, 0) is 62.7 Å². The van der Waals surface area contributed by atoms with Gasteiger partial charge in [0.2, 0.25) is 5.91 Å². The van der Waals surface area contributed by atoms with Crippen LogP contribution < -0.4 is 19.1 Å². The molecule has 0 unspecified atom stereocenters. The Labute approximate surface area is 177 Å². The number of rotatable bonds is 6. The number of hydrogen-bond acceptors (Lipinski definition) is 5. The maximum atomic E-state index is 13.0. The van der Waals surface area contributed by atoms with Gasteiger partial charge in [-0.15, -0.1) is 6.58 Å². The maximum absolute atomic E-state index is 13.0. The second-order valence-corrected chi connectivity index (χ2v) is 9.45. The summed E-state index contributed by atoms with van der Waals surface area (Å²) in [7, 11) is -2.32. The Hall–Kier alpha value is -3.00. The van der Waals surface area contributed by atoms with E-state index < -0.39 is 15.4 Å². The number of sulfonamides is 1. The van der Waals surface area contributed by atoms with E-state index in [4.69, 9.17) is 9.47 Å². The number of carbonyl (C=O) groups excluding carboxylic acids is 1. The van der Waals surface area contributed by atoms with E-state index in [-0.39, 0.29) is 24.0 Å². The highest BCUT2D eigenvalue weighted by Crippen LogP contribution is 2.38. The van der Waals surface area contributed by atoms with Crippen LogP contribution in [0.2, 0.25) is 0 Å². The number of carbonyl (C=O) groups is 1. The molecule has 0 spiro atoms. The highest BCUT2D eigenvalue weighted by Gasteiger charge is 2.37. The van der Waals surface area contributed by atoms with Crippen LogP contribution in [0.1, 0.15) is 19.4 Å². The molecular weight excluding hydrogens is 404 g/mol. The summed E-state index contributed by atoms with van der Waals surface area (Å²) in [6.45, 7) is 9.57. The van der Waals surface area contributed by atoms with Gasteiger partial charge < -0.3 is 14.4 Å². The first kappa shape index (κ1) is 21.7. The maximum Gasteiger partial charge on any atom is 0.262 e. The fourth-order valence-electron chi connectivity index (χ4n) is 3.28. The van der Waals surface area contributed by atoms with E-state index in [0.717, 1.165) is 0 Å². The average molecular weight is 431 g/mol. The number of methoxy groups -OCH3 is 1. The van der Waals surface area contributed by atoms with E-state index in [1.165, 1.54) is 13.2 Å². The highest BCUT2D eigenvalue weighted by atomic mass is 32.2. The SMILES string of the molecule is C=CCN1C(=O)C(C)(C)COc2ccc(NS(=O)(=O)c3ccc(OC)cc3C)cc21. The predicted molar refractivity (Wildman–Crippen MR) is 117 cm³/mol. The summed E-state index contributed by atoms with van der Waals surface area (Å²) in [5.41, 5.74) is 0.665. The molecule has 1 aliphatic rings. The molecule has 1 N–H and O–H groups in total. The van der Waals surface area contributed by atoms with Gasteiger partial charge in [0.25, 0.3) is 10.0 Å². The van der Waals surface area contributed by atoms with Crippen LogP contribution in [0.5, 0.6) is 11.5 Å². The molecule has 2 aromatic rings. The molecule has 8 heteroatoms. The molecule has 1 amide bonds. The van der Waals surface area contributed by atoms with E-state index in [1.807, 2.05) is 13.8 Å². The fraction of sp³-hybridized carbons (Fsp3) is 0.318. The molecule has 0 saturated carbocycles. The molecule has 0 atom stereocenters. The predicted octanol–water partition coefficient (Wildman–Crippen LogP) is 3.74. The first-order valence-electron chi connectivity index (χ1n) is 9.46. The third-order valence-electron chi connectivity index (χ3n) is 4.90. The van der Waals surface area contributed by atoms with Crippen molar-refractivity contribution in [3.05, 3.63) is 54.6 Å². The number of nitrogens with zero attached hydrogens (tertiary/aromatic N) is 1. The molecule has 160 valence electrons. The third kappa shape index (κ3) is 4.14. The van der Waals surface area contributed by atoms with E-state index in [2.05, 4.69) is 11.3 Å². The Morgan fingerprint density at radius 1 is 1.27 bits per heavy atom. The van der Waals surface area contributed by atoms with Crippen LogP contribution in [0, 0.1) is 12.3 Å². The van der Waals surface area contributed by atoms with Crippen molar-refractivity contribution in [1.29, 1.82) is 0 Å². The second-order valence-electron chi connectivity index (χ2n) is 7.80. The summed E-state index contributed by atoms with van der Waals surface area (Å²) < 4.78 is 39.5. The number of amides is 1. The van der Waals surface area contributed by atoms with E-state index in [1.54, 1.807) is 48.2 Å². The number of anilines is 2. The van der Waals surface area contributed by atoms with E-state index >= 15 is 0 Å². The summed E-state index contributed by atoms with van der Waals surface area (Å²) in [4.78, 5) is 14.7. The lowest BCUT2D eigenvalue weighted by atomic mass is 9.93. The van der Waals surface area contributed by atoms with Gasteiger partial charge in [-0.3, -0.25) is 9.52 Å². The van der Waals surface area contributed by atoms with Crippen molar-refractivity contribution in [1.82, 2.24) is 0 Å². The first-order valence-corrected chi connectivity index (χ1v) is 10.9. The standard InChI is InChI=1S/C22H26N2O5S/c1-6-11-24-18-13-16(7-9-19(18)29-14-22(3,4)21(24)25)23-30(26,27)20-10-8-17(28-5)12-15(20)2/h6-10,12-13,23H,1,11,14H2,2-5H3. The van der Waals surface area contributed by atoms with Gasteiger partial charge in [-0.2, -0.15) is 0 Å². The van der Waals surface area contributed by atoms with Crippen molar-refractivity contribution in [3.8, 4) is 11.5 Å². The largest absolute Gasteiger partial charge is 0.497 e. The van der Waals surface area contributed by atoms with Crippen LogP contribution in [-0.2, 0) is 14.8 Å². The number of fused-ring (bicyclic) bond motifs is 1. The molecule has 1 aliphatic heterocycles. The summed E-state index contributed by atoms with van der Waals surface area (Å²) in [6, 6.07) is 9.64. The Morgan fingerprint density at radius 3 is 2.63 bits per heavy atom. The van der Waals surface area contributed by atoms with Gasteiger partial charge in [0.05, 0.1) is 28.8 Å². The topological polar surface area (TPSA) is 84.9 Å². The minimum atomic E-state index is -3.84. The van der Waals surface area contributed by atoms with Crippen LogP contribution in [0.15, 0.2) is 53.9 Å². The van der Waals surface area contributed by atoms with Crippen molar-refractivity contribution in [3.63, 3.8) is 0 Å². The van der Waals surface area contributed by atoms with Crippen LogP contribution in [0.25, 0.3) is 0 Å². The van der Waals surface area contributed by atoms with Crippen LogP contribution in [0.3, 0.4) is 0 Å². The summed E-state index contributed by atoms with van der Waals surface area (Å²) in [5.74, 6) is 0.973. The van der Waals surface area contributed by atoms with Crippen molar-refractivity contribution >= 4 is 27.3 Å². The van der Waals surface area contributed by atoms with Crippen molar-refractivity contribution < 1.29 is 22.7 Å². The molecule has 0 fully saturated rings. The average Bonchev–Trinajstić information content (AvgIpc) is 2.78. The van der Waals surface area contributed by atoms with Crippen LogP contribution in [0.4, 0.5) is 11.4 Å². The molecule has 0 radical (unpaired) electrons. The molecule has 0 bridgehead atoms. The Kier molecular flexibility index (Phi) is 5.81. The van der Waals surface area contributed by atoms with Gasteiger partial charge in [0, 0.05) is 6.54 Å². The third-order valence-corrected chi connectivity index (χ3v) is 6.44. The lowest BCUT2D eigenvalue weighted by Gasteiger charge is -2.27. The molecule has 0 saturated heterocycles. The summed E-state index contributed by atoms with van der Waals surface area (Å²) in [6.07, 6.45) is 1.63. The molecule has 30 heavy (non-hydrogen) atoms. The smallest absolute Gasteiger partial charge is 0.262 e. The molecule has 3 rings (SSSR count). The zero-order valence-electron chi connectivity index (χ0n) is 17.6. The highest BCUT2D eigenvalue weighted by molar-refractivity contribution is 7.92. The summed E-state index contributed by atoms with van der Waals surface area (Å²) in [5, 5.41) is 0. The Bertz CT molecular complexity index is 1090. The lowest BCUT2D eigenvalue weighted by molar-refractivity contribution is -0.127. The van der Waals surface area contributed by atoms with Gasteiger partial charge in [-0.25, -0.2) is 8.42 Å². The van der Waals surface area contributed by atoms with Gasteiger partial charge in [0.15, 0.2) is 0 Å². The number of hydrogen-bond donors (Lipinski definition) is 1. The second kappa shape index (κ2) is 8.02. The van der Waals surface area contributed by atoms with Crippen LogP contribution >= 0.6 is 0 Å². The number of nitrogens with one attached hydrogen (secondary N) is 1. The fourth-order valence-corrected chi connectivity index (χ4v) is 4.56. The normalized spacial score (nSPS) is 15.6. The van der Waals surface area contributed by atoms with Gasteiger partial charge in [-0.1, -0.05) is 6.08 Å². The minimum absolute atomic E-state index is 0.118. The van der Waals surface area contributed by atoms with E-state index in [0.29, 0.717) is 28.4 Å². The number of benzene rings is 2. The molecule has 7 nitrogen and oxygen atoms in total. The zero-order valence-corrected chi connectivity index (χ0v) is 18.4. The van der Waals surface area contributed by atoms with Crippen molar-refractivity contribution in [2.75, 3.05) is 29.9 Å². The Balaban J connectivity index is 1.99. The molecule has 1 heterocycles. The van der Waals surface area contributed by atoms with Crippen molar-refractivity contribution in [2.45, 2.75) is 25.7 Å². The molecule has 0 aromatic heterocycles. The Morgan fingerprint density at radius 2 is 2.00 bits per heavy atom.